The summed E-state index contributed by atoms with van der Waals surface area (Å²) < 4.78 is 7.53. The summed E-state index contributed by atoms with van der Waals surface area (Å²) in [5, 5.41) is 10.1. The monoisotopic (exact) mass is 386 g/mol. The number of ether oxygens (including phenoxy) is 1. The molecule has 1 aliphatic rings. The molecule has 0 unspecified atom stereocenters. The molecule has 0 saturated carbocycles. The molecule has 8 nitrogen and oxygen atoms in total. The highest BCUT2D eigenvalue weighted by atomic mass is 32.2. The molecule has 142 valence electrons. The van der Waals surface area contributed by atoms with Gasteiger partial charge in [0.15, 0.2) is 5.16 Å². The van der Waals surface area contributed by atoms with Crippen LogP contribution in [0.4, 0.5) is 5.95 Å². The number of rotatable bonds is 5. The Morgan fingerprint density at radius 2 is 2.04 bits per heavy atom. The van der Waals surface area contributed by atoms with Crippen molar-refractivity contribution in [1.82, 2.24) is 24.7 Å². The zero-order valence-electron chi connectivity index (χ0n) is 15.4. The summed E-state index contributed by atoms with van der Waals surface area (Å²) in [4.78, 5) is 22.1. The molecule has 9 heteroatoms. The number of nitrogens with zero attached hydrogens (tertiary/aromatic N) is 5. The lowest BCUT2D eigenvalue weighted by molar-refractivity contribution is 0.121. The number of anilines is 1. The van der Waals surface area contributed by atoms with Crippen LogP contribution < -0.4 is 10.5 Å². The molecule has 4 rings (SSSR count). The summed E-state index contributed by atoms with van der Waals surface area (Å²) >= 11 is 1.55. The number of benzene rings is 1. The lowest BCUT2D eigenvalue weighted by Crippen LogP contribution is -2.38. The fraction of sp³-hybridized carbons (Fsp3) is 0.444. The molecular weight excluding hydrogens is 364 g/mol. The third kappa shape index (κ3) is 3.57. The number of thioether (sulfide) groups is 1. The van der Waals surface area contributed by atoms with Gasteiger partial charge in [-0.2, -0.15) is 0 Å². The Balaban J connectivity index is 1.60. The summed E-state index contributed by atoms with van der Waals surface area (Å²) in [6.07, 6.45) is 0. The fourth-order valence-electron chi connectivity index (χ4n) is 3.15. The van der Waals surface area contributed by atoms with Crippen molar-refractivity contribution in [2.45, 2.75) is 30.8 Å². The van der Waals surface area contributed by atoms with Crippen molar-refractivity contribution in [3.8, 4) is 0 Å². The van der Waals surface area contributed by atoms with E-state index in [2.05, 4.69) is 36.6 Å². The van der Waals surface area contributed by atoms with Crippen molar-refractivity contribution < 1.29 is 4.74 Å². The van der Waals surface area contributed by atoms with E-state index in [1.54, 1.807) is 17.8 Å². The van der Waals surface area contributed by atoms with Crippen molar-refractivity contribution in [3.05, 3.63) is 40.4 Å². The molecule has 27 heavy (non-hydrogen) atoms. The fourth-order valence-corrected chi connectivity index (χ4v) is 4.12. The minimum absolute atomic E-state index is 0.0608. The Kier molecular flexibility index (Phi) is 5.13. The first-order valence-corrected chi connectivity index (χ1v) is 9.97. The molecule has 0 amide bonds. The van der Waals surface area contributed by atoms with Crippen LogP contribution in [0, 0.1) is 0 Å². The molecule has 0 bridgehead atoms. The van der Waals surface area contributed by atoms with Gasteiger partial charge in [-0.25, -0.2) is 4.98 Å². The summed E-state index contributed by atoms with van der Waals surface area (Å²) in [5.41, 5.74) is 0.587. The molecule has 0 spiro atoms. The molecule has 1 aliphatic heterocycles. The average molecular weight is 386 g/mol. The standard InChI is InChI=1S/C18H22N6O2S/c1-3-24-17(23-8-10-26-11-9-23)21-22-18(24)27-12(2)15-19-14-7-5-4-6-13(14)16(25)20-15/h4-7,12H,3,8-11H2,1-2H3,(H,19,20,25)/t12-/m1/s1. The number of aromatic amines is 1. The quantitative estimate of drug-likeness (QED) is 0.673. The first-order chi connectivity index (χ1) is 13.2. The minimum atomic E-state index is -0.117. The molecule has 3 heterocycles. The van der Waals surface area contributed by atoms with E-state index in [1.165, 1.54) is 0 Å². The van der Waals surface area contributed by atoms with Crippen LogP contribution in [0.5, 0.6) is 0 Å². The third-order valence-electron chi connectivity index (χ3n) is 4.61. The number of hydrogen-bond acceptors (Lipinski definition) is 7. The molecule has 1 aromatic carbocycles. The van der Waals surface area contributed by atoms with Crippen molar-refractivity contribution in [2.24, 2.45) is 0 Å². The molecule has 1 atom stereocenters. The van der Waals surface area contributed by atoms with Crippen LogP contribution in [0.3, 0.4) is 0 Å². The number of nitrogens with one attached hydrogen (secondary N) is 1. The third-order valence-corrected chi connectivity index (χ3v) is 5.70. The zero-order valence-corrected chi connectivity index (χ0v) is 16.2. The lowest BCUT2D eigenvalue weighted by Gasteiger charge is -2.27. The van der Waals surface area contributed by atoms with E-state index >= 15 is 0 Å². The maximum Gasteiger partial charge on any atom is 0.258 e. The second-order valence-electron chi connectivity index (χ2n) is 6.35. The Labute approximate surface area is 161 Å². The highest BCUT2D eigenvalue weighted by Gasteiger charge is 2.22. The minimum Gasteiger partial charge on any atom is -0.378 e. The van der Waals surface area contributed by atoms with Crippen molar-refractivity contribution in [1.29, 1.82) is 0 Å². The van der Waals surface area contributed by atoms with Gasteiger partial charge in [-0.3, -0.25) is 9.36 Å². The number of H-pyrrole nitrogens is 1. The zero-order chi connectivity index (χ0) is 18.8. The van der Waals surface area contributed by atoms with E-state index in [9.17, 15) is 4.79 Å². The summed E-state index contributed by atoms with van der Waals surface area (Å²) in [7, 11) is 0. The first kappa shape index (κ1) is 18.0. The number of fused-ring (bicyclic) bond motifs is 1. The van der Waals surface area contributed by atoms with Crippen LogP contribution >= 0.6 is 11.8 Å². The van der Waals surface area contributed by atoms with Crippen molar-refractivity contribution >= 4 is 28.6 Å². The number of hydrogen-bond donors (Lipinski definition) is 1. The second kappa shape index (κ2) is 7.69. The maximum absolute atomic E-state index is 12.3. The van der Waals surface area contributed by atoms with Crippen LogP contribution in [0.1, 0.15) is 24.9 Å². The Hall–Kier alpha value is -2.39. The predicted molar refractivity (Wildman–Crippen MR) is 105 cm³/mol. The molecule has 2 aromatic heterocycles. The van der Waals surface area contributed by atoms with E-state index in [-0.39, 0.29) is 10.8 Å². The molecule has 1 fully saturated rings. The van der Waals surface area contributed by atoms with Crippen LogP contribution in [0.15, 0.2) is 34.2 Å². The predicted octanol–water partition coefficient (Wildman–Crippen LogP) is 2.22. The van der Waals surface area contributed by atoms with Gasteiger partial charge in [-0.15, -0.1) is 10.2 Å². The molecule has 1 N–H and O–H groups in total. The van der Waals surface area contributed by atoms with Gasteiger partial charge in [0.1, 0.15) is 5.82 Å². The number of morpholine rings is 1. The molecular formula is C18H22N6O2S. The number of aromatic nitrogens is 5. The highest BCUT2D eigenvalue weighted by Crippen LogP contribution is 2.33. The molecule has 3 aromatic rings. The van der Waals surface area contributed by atoms with Gasteiger partial charge in [0.2, 0.25) is 5.95 Å². The SMILES string of the molecule is CCn1c(S[C@H](C)c2nc3ccccc3c(=O)[nH]2)nnc1N1CCOCC1. The van der Waals surface area contributed by atoms with Gasteiger partial charge in [0.25, 0.3) is 5.56 Å². The Morgan fingerprint density at radius 1 is 1.26 bits per heavy atom. The smallest absolute Gasteiger partial charge is 0.258 e. The summed E-state index contributed by atoms with van der Waals surface area (Å²) in [6.45, 7) is 7.92. The lowest BCUT2D eigenvalue weighted by atomic mass is 10.2. The van der Waals surface area contributed by atoms with Gasteiger partial charge in [0.05, 0.1) is 29.4 Å². The van der Waals surface area contributed by atoms with Crippen LogP contribution in [0.2, 0.25) is 0 Å². The first-order valence-electron chi connectivity index (χ1n) is 9.09. The van der Waals surface area contributed by atoms with Gasteiger partial charge in [-0.05, 0) is 26.0 Å². The van der Waals surface area contributed by atoms with Gasteiger partial charge < -0.3 is 14.6 Å². The molecule has 0 aliphatic carbocycles. The van der Waals surface area contributed by atoms with Crippen LogP contribution in [0.25, 0.3) is 10.9 Å². The van der Waals surface area contributed by atoms with Crippen LogP contribution in [-0.4, -0.2) is 51.0 Å². The van der Waals surface area contributed by atoms with E-state index in [0.717, 1.165) is 30.7 Å². The summed E-state index contributed by atoms with van der Waals surface area (Å²) in [6, 6.07) is 7.37. The number of para-hydroxylation sites is 1. The summed E-state index contributed by atoms with van der Waals surface area (Å²) in [5.74, 6) is 1.51. The Bertz CT molecular complexity index is 995. The van der Waals surface area contributed by atoms with Gasteiger partial charge in [-0.1, -0.05) is 23.9 Å². The van der Waals surface area contributed by atoms with Gasteiger partial charge >= 0.3 is 0 Å². The van der Waals surface area contributed by atoms with E-state index in [0.29, 0.717) is 29.9 Å². The highest BCUT2D eigenvalue weighted by molar-refractivity contribution is 7.99. The second-order valence-corrected chi connectivity index (χ2v) is 7.66. The topological polar surface area (TPSA) is 88.9 Å². The van der Waals surface area contributed by atoms with Gasteiger partial charge in [0, 0.05) is 19.6 Å². The molecule has 0 radical (unpaired) electrons. The normalized spacial score (nSPS) is 16.0. The average Bonchev–Trinajstić information content (AvgIpc) is 3.11. The molecule has 1 saturated heterocycles. The van der Waals surface area contributed by atoms with Crippen molar-refractivity contribution in [3.63, 3.8) is 0 Å². The van der Waals surface area contributed by atoms with Crippen LogP contribution in [-0.2, 0) is 11.3 Å². The maximum atomic E-state index is 12.3. The Morgan fingerprint density at radius 3 is 2.81 bits per heavy atom. The van der Waals surface area contributed by atoms with E-state index in [1.807, 2.05) is 25.1 Å². The van der Waals surface area contributed by atoms with Crippen molar-refractivity contribution in [2.75, 3.05) is 31.2 Å². The van der Waals surface area contributed by atoms with E-state index in [4.69, 9.17) is 4.74 Å². The van der Waals surface area contributed by atoms with E-state index < -0.39 is 0 Å². The largest absolute Gasteiger partial charge is 0.378 e.